The Balaban J connectivity index is 1.41. The van der Waals surface area contributed by atoms with E-state index in [2.05, 4.69) is 31.3 Å². The zero-order chi connectivity index (χ0) is 27.7. The second kappa shape index (κ2) is 10.3. The molecule has 0 N–H and O–H groups in total. The van der Waals surface area contributed by atoms with Crippen molar-refractivity contribution in [2.45, 2.75) is 65.2 Å². The molecule has 0 saturated carbocycles. The number of piperidine rings is 1. The van der Waals surface area contributed by atoms with Crippen LogP contribution in [0.5, 0.6) is 5.88 Å². The van der Waals surface area contributed by atoms with Crippen LogP contribution in [0.1, 0.15) is 69.8 Å². The summed E-state index contributed by atoms with van der Waals surface area (Å²) >= 11 is 0. The topological polar surface area (TPSA) is 136 Å². The first-order valence-electron chi connectivity index (χ1n) is 12.9. The van der Waals surface area contributed by atoms with Gasteiger partial charge in [-0.05, 0) is 59.6 Å². The maximum Gasteiger partial charge on any atom is 0.410 e. The number of amides is 1. The van der Waals surface area contributed by atoms with Crippen LogP contribution in [-0.4, -0.2) is 64.0 Å². The van der Waals surface area contributed by atoms with Gasteiger partial charge in [0.05, 0.1) is 23.6 Å². The largest absolute Gasteiger partial charge is 0.469 e. The van der Waals surface area contributed by atoms with Crippen molar-refractivity contribution >= 4 is 11.7 Å². The number of hydrogen-bond donors (Lipinski definition) is 0. The molecule has 0 bridgehead atoms. The van der Waals surface area contributed by atoms with E-state index in [9.17, 15) is 10.1 Å². The second-order valence-corrected chi connectivity index (χ2v) is 10.6. The molecule has 4 aromatic rings. The summed E-state index contributed by atoms with van der Waals surface area (Å²) in [5, 5.41) is 18.6. The third-order valence-electron chi connectivity index (χ3n) is 6.67. The average molecular weight is 530 g/mol. The third kappa shape index (κ3) is 5.38. The summed E-state index contributed by atoms with van der Waals surface area (Å²) in [5.41, 5.74) is 3.49. The van der Waals surface area contributed by atoms with E-state index in [4.69, 9.17) is 9.47 Å². The molecule has 5 rings (SSSR count). The number of aromatic nitrogens is 7. The smallest absolute Gasteiger partial charge is 0.410 e. The van der Waals surface area contributed by atoms with Crippen molar-refractivity contribution in [1.82, 2.24) is 39.2 Å². The van der Waals surface area contributed by atoms with Gasteiger partial charge in [0.25, 0.3) is 0 Å². The van der Waals surface area contributed by atoms with Crippen LogP contribution in [0.15, 0.2) is 36.9 Å². The van der Waals surface area contributed by atoms with Gasteiger partial charge in [-0.1, -0.05) is 5.21 Å². The van der Waals surface area contributed by atoms with Crippen molar-refractivity contribution in [2.24, 2.45) is 0 Å². The first kappa shape index (κ1) is 26.1. The summed E-state index contributed by atoms with van der Waals surface area (Å²) in [7, 11) is 0. The summed E-state index contributed by atoms with van der Waals surface area (Å²) in [6.45, 7) is 10.6. The Bertz CT molecular complexity index is 1520. The molecule has 1 amide bonds. The van der Waals surface area contributed by atoms with E-state index in [0.29, 0.717) is 41.7 Å². The third-order valence-corrected chi connectivity index (χ3v) is 6.67. The fourth-order valence-corrected chi connectivity index (χ4v) is 4.74. The molecule has 0 aromatic carbocycles. The number of carbonyl (C=O) groups is 1. The highest BCUT2D eigenvalue weighted by atomic mass is 16.6. The van der Waals surface area contributed by atoms with Crippen molar-refractivity contribution in [2.75, 3.05) is 13.1 Å². The Morgan fingerprint density at radius 2 is 1.97 bits per heavy atom. The molecule has 1 aliphatic heterocycles. The molecular formula is C27H31N9O3. The number of ether oxygens (including phenoxy) is 2. The molecule has 39 heavy (non-hydrogen) atoms. The molecule has 0 spiro atoms. The summed E-state index contributed by atoms with van der Waals surface area (Å²) in [6.07, 6.45) is 5.46. The molecule has 1 fully saturated rings. The van der Waals surface area contributed by atoms with Gasteiger partial charge in [0, 0.05) is 30.9 Å². The molecule has 5 heterocycles. The molecule has 4 aromatic heterocycles. The Morgan fingerprint density at radius 3 is 2.64 bits per heavy atom. The quantitative estimate of drug-likeness (QED) is 0.371. The molecule has 0 aliphatic carbocycles. The monoisotopic (exact) mass is 529 g/mol. The lowest BCUT2D eigenvalue weighted by molar-refractivity contribution is 0.0184. The van der Waals surface area contributed by atoms with Crippen LogP contribution >= 0.6 is 0 Å². The van der Waals surface area contributed by atoms with Crippen LogP contribution in [0.2, 0.25) is 0 Å². The van der Waals surface area contributed by atoms with E-state index in [1.54, 1.807) is 21.6 Å². The van der Waals surface area contributed by atoms with Crippen LogP contribution in [0, 0.1) is 18.3 Å². The minimum absolute atomic E-state index is 0.110. The Morgan fingerprint density at radius 1 is 1.21 bits per heavy atom. The van der Waals surface area contributed by atoms with Gasteiger partial charge in [0.15, 0.2) is 0 Å². The van der Waals surface area contributed by atoms with Gasteiger partial charge in [0.2, 0.25) is 5.88 Å². The summed E-state index contributed by atoms with van der Waals surface area (Å²) in [5.74, 6) is 0.447. The van der Waals surface area contributed by atoms with E-state index in [0.717, 1.165) is 24.1 Å². The Hall–Kier alpha value is -4.53. The Labute approximate surface area is 226 Å². The van der Waals surface area contributed by atoms with Crippen molar-refractivity contribution in [1.29, 1.82) is 5.26 Å². The molecule has 202 valence electrons. The SMILES string of the molecule is Cc1c(-c2cc(O[C@H](C)c3ccncn3)n3c(C#N)cnc3c2)nnn1C1CCN(C(=O)OC(C)(C)C)CC1. The lowest BCUT2D eigenvalue weighted by Crippen LogP contribution is -2.42. The van der Waals surface area contributed by atoms with Crippen molar-refractivity contribution in [3.8, 4) is 23.2 Å². The summed E-state index contributed by atoms with van der Waals surface area (Å²) in [4.78, 5) is 26.9. The number of hydrogen-bond acceptors (Lipinski definition) is 9. The van der Waals surface area contributed by atoms with Crippen molar-refractivity contribution < 1.29 is 14.3 Å². The van der Waals surface area contributed by atoms with Crippen molar-refractivity contribution in [3.05, 3.63) is 54.0 Å². The van der Waals surface area contributed by atoms with Crippen LogP contribution in [0.3, 0.4) is 0 Å². The van der Waals surface area contributed by atoms with Crippen LogP contribution in [-0.2, 0) is 4.74 Å². The van der Waals surface area contributed by atoms with Gasteiger partial charge >= 0.3 is 6.09 Å². The zero-order valence-electron chi connectivity index (χ0n) is 22.7. The molecular weight excluding hydrogens is 498 g/mol. The molecule has 0 radical (unpaired) electrons. The number of carbonyl (C=O) groups excluding carboxylic acids is 1. The first-order chi connectivity index (χ1) is 18.6. The molecule has 0 unspecified atom stereocenters. The van der Waals surface area contributed by atoms with E-state index in [-0.39, 0.29) is 12.1 Å². The number of nitrogens with zero attached hydrogens (tertiary/aromatic N) is 9. The number of nitriles is 1. The minimum Gasteiger partial charge on any atom is -0.469 e. The molecule has 1 saturated heterocycles. The highest BCUT2D eigenvalue weighted by Gasteiger charge is 2.29. The normalized spacial score (nSPS) is 15.2. The van der Waals surface area contributed by atoms with Crippen molar-refractivity contribution in [3.63, 3.8) is 0 Å². The van der Waals surface area contributed by atoms with E-state index >= 15 is 0 Å². The van der Waals surface area contributed by atoms with Gasteiger partial charge in [-0.15, -0.1) is 5.10 Å². The molecule has 12 heteroatoms. The fourth-order valence-electron chi connectivity index (χ4n) is 4.74. The first-order valence-corrected chi connectivity index (χ1v) is 12.9. The predicted octanol–water partition coefficient (Wildman–Crippen LogP) is 4.27. The van der Waals surface area contributed by atoms with Gasteiger partial charge < -0.3 is 14.4 Å². The van der Waals surface area contributed by atoms with E-state index < -0.39 is 11.7 Å². The van der Waals surface area contributed by atoms with E-state index in [1.807, 2.05) is 51.4 Å². The molecule has 1 atom stereocenters. The zero-order valence-corrected chi connectivity index (χ0v) is 22.7. The van der Waals surface area contributed by atoms with Gasteiger partial charge in [-0.2, -0.15) is 5.26 Å². The van der Waals surface area contributed by atoms with E-state index in [1.165, 1.54) is 12.5 Å². The van der Waals surface area contributed by atoms with Gasteiger partial charge in [-0.25, -0.2) is 24.4 Å². The second-order valence-electron chi connectivity index (χ2n) is 10.6. The number of pyridine rings is 1. The number of rotatable bonds is 5. The van der Waals surface area contributed by atoms with Gasteiger partial charge in [-0.3, -0.25) is 4.40 Å². The van der Waals surface area contributed by atoms with Crippen LogP contribution < -0.4 is 4.74 Å². The maximum atomic E-state index is 12.5. The average Bonchev–Trinajstić information content (AvgIpc) is 3.51. The summed E-state index contributed by atoms with van der Waals surface area (Å²) in [6, 6.07) is 7.78. The van der Waals surface area contributed by atoms with Crippen LogP contribution in [0.25, 0.3) is 16.9 Å². The molecule has 12 nitrogen and oxygen atoms in total. The minimum atomic E-state index is -0.523. The highest BCUT2D eigenvalue weighted by Crippen LogP contribution is 2.32. The molecule has 1 aliphatic rings. The lowest BCUT2D eigenvalue weighted by Gasteiger charge is -2.33. The number of imidazole rings is 1. The summed E-state index contributed by atoms with van der Waals surface area (Å²) < 4.78 is 15.4. The highest BCUT2D eigenvalue weighted by molar-refractivity contribution is 5.69. The number of likely N-dealkylation sites (tertiary alicyclic amines) is 1. The lowest BCUT2D eigenvalue weighted by atomic mass is 10.0. The van der Waals surface area contributed by atoms with Gasteiger partial charge in [0.1, 0.15) is 41.1 Å². The maximum absolute atomic E-state index is 12.5. The standard InChI is InChI=1S/C27H31N9O3/c1-17-25(32-33-36(17)20-7-10-34(11-8-20)26(37)39-27(3,4)5)19-12-23-30-15-21(14-28)35(23)24(13-19)38-18(2)22-6-9-29-16-31-22/h6,9,12-13,15-16,18,20H,7-8,10-11H2,1-5H3/t18-/m1/s1. The Kier molecular flexibility index (Phi) is 6.91. The predicted molar refractivity (Wildman–Crippen MR) is 141 cm³/mol. The number of fused-ring (bicyclic) bond motifs is 1. The van der Waals surface area contributed by atoms with Crippen LogP contribution in [0.4, 0.5) is 4.79 Å². The fraction of sp³-hybridized carbons (Fsp3) is 0.444.